The van der Waals surface area contributed by atoms with Gasteiger partial charge in [0.1, 0.15) is 0 Å². The van der Waals surface area contributed by atoms with E-state index in [9.17, 15) is 18.0 Å². The molecule has 33 heavy (non-hydrogen) atoms. The number of hydrogen-bond acceptors (Lipinski definition) is 7. The first kappa shape index (κ1) is 24.6. The quantitative estimate of drug-likeness (QED) is 0.561. The van der Waals surface area contributed by atoms with E-state index in [2.05, 4.69) is 20.2 Å². The molecule has 1 atom stereocenters. The lowest BCUT2D eigenvalue weighted by Gasteiger charge is -2.37. The second kappa shape index (κ2) is 10.7. The molecule has 2 N–H and O–H groups in total. The standard InChI is InChI=1S/C22H27F3N4O4/c1-3-29(16-6-8-33-9-7-16)19-5-4-14(17(11-20(30)31)22(23,24)25)10-18(19)28-15-12-26-21(32-2)27-13-15/h4-5,10,12-13,16-17,28H,3,6-9,11H2,1-2H3,(H,30,31)/t17-/m0/s1. The predicted octanol–water partition coefficient (Wildman–Crippen LogP) is 4.35. The van der Waals surface area contributed by atoms with Crippen LogP contribution < -0.4 is 15.0 Å². The number of benzene rings is 1. The van der Waals surface area contributed by atoms with Crippen molar-refractivity contribution in [2.45, 2.75) is 44.3 Å². The molecule has 0 radical (unpaired) electrons. The SMILES string of the molecule is CCN(c1ccc([C@H](CC(=O)O)C(F)(F)F)cc1Nc1cnc(OC)nc1)C1CCOCC1. The Hall–Kier alpha value is -3.08. The Morgan fingerprint density at radius 1 is 1.30 bits per heavy atom. The predicted molar refractivity (Wildman–Crippen MR) is 116 cm³/mol. The number of hydrogen-bond donors (Lipinski definition) is 2. The van der Waals surface area contributed by atoms with Crippen LogP contribution in [0.4, 0.5) is 30.2 Å². The highest BCUT2D eigenvalue weighted by atomic mass is 19.4. The minimum Gasteiger partial charge on any atom is -0.481 e. The van der Waals surface area contributed by atoms with Gasteiger partial charge in [0.25, 0.3) is 0 Å². The van der Waals surface area contributed by atoms with E-state index < -0.39 is 24.5 Å². The van der Waals surface area contributed by atoms with E-state index in [1.54, 1.807) is 6.07 Å². The van der Waals surface area contributed by atoms with Crippen molar-refractivity contribution in [3.05, 3.63) is 36.2 Å². The van der Waals surface area contributed by atoms with Crippen LogP contribution in [0, 0.1) is 0 Å². The van der Waals surface area contributed by atoms with Gasteiger partial charge in [-0.15, -0.1) is 0 Å². The summed E-state index contributed by atoms with van der Waals surface area (Å²) in [5.41, 5.74) is 1.45. The van der Waals surface area contributed by atoms with Crippen molar-refractivity contribution in [3.63, 3.8) is 0 Å². The van der Waals surface area contributed by atoms with Gasteiger partial charge in [0, 0.05) is 25.8 Å². The molecule has 0 aliphatic carbocycles. The Balaban J connectivity index is 2.04. The molecule has 2 aromatic rings. The second-order valence-corrected chi connectivity index (χ2v) is 7.68. The van der Waals surface area contributed by atoms with E-state index in [4.69, 9.17) is 14.6 Å². The minimum absolute atomic E-state index is 0.131. The molecule has 11 heteroatoms. The van der Waals surface area contributed by atoms with Crippen molar-refractivity contribution in [2.24, 2.45) is 0 Å². The van der Waals surface area contributed by atoms with Crippen LogP contribution in [-0.2, 0) is 9.53 Å². The number of nitrogens with zero attached hydrogens (tertiary/aromatic N) is 3. The number of alkyl halides is 3. The lowest BCUT2D eigenvalue weighted by Crippen LogP contribution is -2.39. The summed E-state index contributed by atoms with van der Waals surface area (Å²) in [6.45, 7) is 3.84. The Labute approximate surface area is 189 Å². The zero-order valence-corrected chi connectivity index (χ0v) is 18.4. The van der Waals surface area contributed by atoms with Crippen LogP contribution in [0.2, 0.25) is 0 Å². The third-order valence-electron chi connectivity index (χ3n) is 5.57. The van der Waals surface area contributed by atoms with E-state index in [-0.39, 0.29) is 17.6 Å². The molecule has 180 valence electrons. The summed E-state index contributed by atoms with van der Waals surface area (Å²) in [5, 5.41) is 12.2. The largest absolute Gasteiger partial charge is 0.481 e. The molecule has 0 bridgehead atoms. The molecule has 2 heterocycles. The molecule has 1 aliphatic heterocycles. The Bertz CT molecular complexity index is 934. The van der Waals surface area contributed by atoms with Crippen LogP contribution in [0.5, 0.6) is 6.01 Å². The zero-order chi connectivity index (χ0) is 24.0. The molecule has 0 unspecified atom stereocenters. The number of carboxylic acid groups (broad SMARTS) is 1. The summed E-state index contributed by atoms with van der Waals surface area (Å²) < 4.78 is 51.5. The summed E-state index contributed by atoms with van der Waals surface area (Å²) in [5.74, 6) is -3.65. The Morgan fingerprint density at radius 2 is 1.97 bits per heavy atom. The van der Waals surface area contributed by atoms with Crippen molar-refractivity contribution in [1.82, 2.24) is 9.97 Å². The summed E-state index contributed by atoms with van der Waals surface area (Å²) in [6.07, 6.45) is -1.23. The molecular weight excluding hydrogens is 441 g/mol. The van der Waals surface area contributed by atoms with Crippen LogP contribution in [-0.4, -0.2) is 60.1 Å². The Morgan fingerprint density at radius 3 is 2.52 bits per heavy atom. The van der Waals surface area contributed by atoms with Gasteiger partial charge >= 0.3 is 18.2 Å². The number of aliphatic carboxylic acids is 1. The van der Waals surface area contributed by atoms with E-state index in [0.717, 1.165) is 12.8 Å². The summed E-state index contributed by atoms with van der Waals surface area (Å²) in [4.78, 5) is 21.3. The van der Waals surface area contributed by atoms with Gasteiger partial charge in [-0.2, -0.15) is 13.2 Å². The van der Waals surface area contributed by atoms with Crippen molar-refractivity contribution >= 4 is 23.0 Å². The van der Waals surface area contributed by atoms with Crippen LogP contribution >= 0.6 is 0 Å². The number of carbonyl (C=O) groups is 1. The molecule has 1 aromatic heterocycles. The molecule has 8 nitrogen and oxygen atoms in total. The maximum Gasteiger partial charge on any atom is 0.396 e. The van der Waals surface area contributed by atoms with Gasteiger partial charge in [0.05, 0.1) is 48.9 Å². The highest BCUT2D eigenvalue weighted by Crippen LogP contribution is 2.41. The fourth-order valence-electron chi connectivity index (χ4n) is 3.98. The molecule has 1 aliphatic rings. The smallest absolute Gasteiger partial charge is 0.396 e. The van der Waals surface area contributed by atoms with E-state index in [0.29, 0.717) is 36.8 Å². The number of rotatable bonds is 9. The molecular formula is C22H27F3N4O4. The van der Waals surface area contributed by atoms with E-state index in [1.807, 2.05) is 6.92 Å². The first-order valence-electron chi connectivity index (χ1n) is 10.6. The number of carboxylic acids is 1. The highest BCUT2D eigenvalue weighted by molar-refractivity contribution is 5.77. The molecule has 1 aromatic carbocycles. The molecule has 0 spiro atoms. The van der Waals surface area contributed by atoms with Gasteiger partial charge < -0.3 is 24.8 Å². The minimum atomic E-state index is -4.70. The van der Waals surface area contributed by atoms with Crippen LogP contribution in [0.1, 0.15) is 37.7 Å². The third kappa shape index (κ3) is 6.25. The van der Waals surface area contributed by atoms with Gasteiger partial charge in [-0.3, -0.25) is 4.79 Å². The lowest BCUT2D eigenvalue weighted by atomic mass is 9.93. The average Bonchev–Trinajstić information content (AvgIpc) is 2.79. The highest BCUT2D eigenvalue weighted by Gasteiger charge is 2.42. The first-order valence-corrected chi connectivity index (χ1v) is 10.6. The molecule has 1 saturated heterocycles. The topological polar surface area (TPSA) is 96.8 Å². The van der Waals surface area contributed by atoms with Crippen LogP contribution in [0.25, 0.3) is 0 Å². The number of anilines is 3. The van der Waals surface area contributed by atoms with E-state index >= 15 is 0 Å². The first-order chi connectivity index (χ1) is 15.7. The molecule has 0 saturated carbocycles. The Kier molecular flexibility index (Phi) is 7.96. The van der Waals surface area contributed by atoms with Crippen molar-refractivity contribution in [1.29, 1.82) is 0 Å². The zero-order valence-electron chi connectivity index (χ0n) is 18.4. The lowest BCUT2D eigenvalue weighted by molar-refractivity contribution is -0.163. The number of aromatic nitrogens is 2. The average molecular weight is 468 g/mol. The third-order valence-corrected chi connectivity index (χ3v) is 5.57. The monoisotopic (exact) mass is 468 g/mol. The van der Waals surface area contributed by atoms with Gasteiger partial charge in [-0.1, -0.05) is 6.07 Å². The maximum atomic E-state index is 13.7. The maximum absolute atomic E-state index is 13.7. The number of halogens is 3. The number of methoxy groups -OCH3 is 1. The van der Waals surface area contributed by atoms with Crippen molar-refractivity contribution in [2.75, 3.05) is 37.1 Å². The summed E-state index contributed by atoms with van der Waals surface area (Å²) in [6, 6.07) is 4.66. The van der Waals surface area contributed by atoms with Gasteiger partial charge in [-0.25, -0.2) is 9.97 Å². The summed E-state index contributed by atoms with van der Waals surface area (Å²) in [7, 11) is 1.43. The van der Waals surface area contributed by atoms with Crippen molar-refractivity contribution in [3.8, 4) is 6.01 Å². The van der Waals surface area contributed by atoms with Crippen molar-refractivity contribution < 1.29 is 32.5 Å². The number of ether oxygens (including phenoxy) is 2. The fraction of sp³-hybridized carbons (Fsp3) is 0.500. The van der Waals surface area contributed by atoms with Gasteiger partial charge in [-0.05, 0) is 37.5 Å². The summed E-state index contributed by atoms with van der Waals surface area (Å²) >= 11 is 0. The van der Waals surface area contributed by atoms with E-state index in [1.165, 1.54) is 31.6 Å². The van der Waals surface area contributed by atoms with Gasteiger partial charge in [0.15, 0.2) is 0 Å². The van der Waals surface area contributed by atoms with Crippen LogP contribution in [0.15, 0.2) is 30.6 Å². The second-order valence-electron chi connectivity index (χ2n) is 7.68. The number of nitrogens with one attached hydrogen (secondary N) is 1. The fourth-order valence-corrected chi connectivity index (χ4v) is 3.98. The van der Waals surface area contributed by atoms with Gasteiger partial charge in [0.2, 0.25) is 0 Å². The molecule has 3 rings (SSSR count). The normalized spacial score (nSPS) is 15.7. The van der Waals surface area contributed by atoms with Crippen LogP contribution in [0.3, 0.4) is 0 Å². The molecule has 0 amide bonds. The molecule has 1 fully saturated rings.